The molecule has 1 aromatic carbocycles. The Hall–Kier alpha value is -2.68. The predicted molar refractivity (Wildman–Crippen MR) is 89.4 cm³/mol. The van der Waals surface area contributed by atoms with Crippen LogP contribution in [0.1, 0.15) is 19.8 Å². The zero-order valence-electron chi connectivity index (χ0n) is 13.9. The van der Waals surface area contributed by atoms with E-state index in [1.807, 2.05) is 0 Å². The molecule has 9 heteroatoms. The van der Waals surface area contributed by atoms with Crippen LogP contribution in [0.3, 0.4) is 0 Å². The standard InChI is InChI=1S/C16H21N3O6/c1-11-9-18(10-14(25-11)16(21)22)15(20)3-2-8-17-12-4-6-13(7-5-12)19(23)24/h4-7,11,14,17H,2-3,8-10H2,1H3,(H,21,22)/t11-,14?/m1/s1. The molecule has 1 fully saturated rings. The van der Waals surface area contributed by atoms with Crippen LogP contribution in [0.15, 0.2) is 24.3 Å². The molecule has 0 radical (unpaired) electrons. The summed E-state index contributed by atoms with van der Waals surface area (Å²) in [6, 6.07) is 6.05. The van der Waals surface area contributed by atoms with E-state index in [0.717, 1.165) is 5.69 Å². The van der Waals surface area contributed by atoms with Crippen LogP contribution in [0.25, 0.3) is 0 Å². The number of morpholine rings is 1. The van der Waals surface area contributed by atoms with Gasteiger partial charge in [-0.2, -0.15) is 0 Å². The van der Waals surface area contributed by atoms with Gasteiger partial charge in [0.05, 0.1) is 17.6 Å². The van der Waals surface area contributed by atoms with Gasteiger partial charge in [-0.05, 0) is 25.5 Å². The quantitative estimate of drug-likeness (QED) is 0.433. The Morgan fingerprint density at radius 2 is 2.04 bits per heavy atom. The lowest BCUT2D eigenvalue weighted by Crippen LogP contribution is -2.51. The lowest BCUT2D eigenvalue weighted by Gasteiger charge is -2.35. The van der Waals surface area contributed by atoms with E-state index in [-0.39, 0.29) is 24.2 Å². The highest BCUT2D eigenvalue weighted by atomic mass is 16.6. The Bertz CT molecular complexity index is 633. The van der Waals surface area contributed by atoms with Gasteiger partial charge in [0, 0.05) is 37.3 Å². The number of carboxylic acid groups (broad SMARTS) is 1. The second-order valence-corrected chi connectivity index (χ2v) is 5.91. The number of nitrogens with one attached hydrogen (secondary N) is 1. The highest BCUT2D eigenvalue weighted by Crippen LogP contribution is 2.16. The zero-order chi connectivity index (χ0) is 18.4. The Balaban J connectivity index is 1.74. The first-order valence-corrected chi connectivity index (χ1v) is 8.01. The molecule has 1 unspecified atom stereocenters. The molecule has 0 bridgehead atoms. The molecule has 1 aromatic rings. The number of amides is 1. The summed E-state index contributed by atoms with van der Waals surface area (Å²) in [4.78, 5) is 34.9. The van der Waals surface area contributed by atoms with Crippen LogP contribution in [0.2, 0.25) is 0 Å². The molecule has 1 heterocycles. The summed E-state index contributed by atoms with van der Waals surface area (Å²) in [5, 5.41) is 22.7. The van der Waals surface area contributed by atoms with Crippen molar-refractivity contribution in [2.75, 3.05) is 25.0 Å². The van der Waals surface area contributed by atoms with Gasteiger partial charge in [-0.25, -0.2) is 4.79 Å². The van der Waals surface area contributed by atoms with Gasteiger partial charge in [-0.15, -0.1) is 0 Å². The third kappa shape index (κ3) is 5.42. The highest BCUT2D eigenvalue weighted by Gasteiger charge is 2.32. The molecule has 2 N–H and O–H groups in total. The number of anilines is 1. The van der Waals surface area contributed by atoms with E-state index in [2.05, 4.69) is 5.32 Å². The summed E-state index contributed by atoms with van der Waals surface area (Å²) in [6.07, 6.45) is -0.429. The summed E-state index contributed by atoms with van der Waals surface area (Å²) in [5.41, 5.74) is 0.763. The number of ether oxygens (including phenoxy) is 1. The fraction of sp³-hybridized carbons (Fsp3) is 0.500. The van der Waals surface area contributed by atoms with Crippen molar-refractivity contribution >= 4 is 23.3 Å². The van der Waals surface area contributed by atoms with Crippen molar-refractivity contribution in [1.82, 2.24) is 4.90 Å². The molecule has 1 amide bonds. The molecule has 25 heavy (non-hydrogen) atoms. The van der Waals surface area contributed by atoms with Gasteiger partial charge in [0.2, 0.25) is 5.91 Å². The van der Waals surface area contributed by atoms with E-state index in [1.165, 1.54) is 17.0 Å². The minimum Gasteiger partial charge on any atom is -0.479 e. The Morgan fingerprint density at radius 1 is 1.36 bits per heavy atom. The molecule has 0 saturated carbocycles. The number of hydrogen-bond donors (Lipinski definition) is 2. The van der Waals surface area contributed by atoms with Gasteiger partial charge in [-0.1, -0.05) is 0 Å². The number of carbonyl (C=O) groups excluding carboxylic acids is 1. The minimum atomic E-state index is -1.07. The van der Waals surface area contributed by atoms with E-state index >= 15 is 0 Å². The Labute approximate surface area is 144 Å². The topological polar surface area (TPSA) is 122 Å². The van der Waals surface area contributed by atoms with Crippen LogP contribution >= 0.6 is 0 Å². The van der Waals surface area contributed by atoms with Gasteiger partial charge in [0.1, 0.15) is 0 Å². The second-order valence-electron chi connectivity index (χ2n) is 5.91. The van der Waals surface area contributed by atoms with Crippen molar-refractivity contribution in [1.29, 1.82) is 0 Å². The molecule has 2 rings (SSSR count). The molecule has 0 spiro atoms. The molecule has 0 aliphatic carbocycles. The number of nitrogens with zero attached hydrogens (tertiary/aromatic N) is 2. The van der Waals surface area contributed by atoms with Gasteiger partial charge >= 0.3 is 5.97 Å². The number of carboxylic acids is 1. The molecule has 2 atom stereocenters. The van der Waals surface area contributed by atoms with Crippen molar-refractivity contribution in [3.05, 3.63) is 34.4 Å². The SMILES string of the molecule is C[C@@H]1CN(C(=O)CCCNc2ccc([N+](=O)[O-])cc2)CC(C(=O)O)O1. The fourth-order valence-corrected chi connectivity index (χ4v) is 2.62. The Morgan fingerprint density at radius 3 is 2.64 bits per heavy atom. The van der Waals surface area contributed by atoms with E-state index in [9.17, 15) is 19.7 Å². The molecular formula is C16H21N3O6. The zero-order valence-corrected chi connectivity index (χ0v) is 13.9. The first-order valence-electron chi connectivity index (χ1n) is 8.01. The van der Waals surface area contributed by atoms with Crippen molar-refractivity contribution < 1.29 is 24.4 Å². The maximum absolute atomic E-state index is 12.2. The minimum absolute atomic E-state index is 0.0233. The van der Waals surface area contributed by atoms with Crippen LogP contribution in [0, 0.1) is 10.1 Å². The number of rotatable bonds is 7. The fourth-order valence-electron chi connectivity index (χ4n) is 2.62. The number of benzene rings is 1. The first-order chi connectivity index (χ1) is 11.9. The van der Waals surface area contributed by atoms with Gasteiger partial charge in [0.25, 0.3) is 5.69 Å². The van der Waals surface area contributed by atoms with Crippen molar-refractivity contribution in [2.24, 2.45) is 0 Å². The average Bonchev–Trinajstić information content (AvgIpc) is 2.58. The maximum Gasteiger partial charge on any atom is 0.334 e. The van der Waals surface area contributed by atoms with E-state index in [1.54, 1.807) is 19.1 Å². The molecular weight excluding hydrogens is 330 g/mol. The third-order valence-corrected chi connectivity index (χ3v) is 3.86. The number of carbonyl (C=O) groups is 2. The smallest absolute Gasteiger partial charge is 0.334 e. The van der Waals surface area contributed by atoms with Crippen LogP contribution in [-0.4, -0.2) is 58.6 Å². The summed E-state index contributed by atoms with van der Waals surface area (Å²) in [6.45, 7) is 2.73. The summed E-state index contributed by atoms with van der Waals surface area (Å²) >= 11 is 0. The van der Waals surface area contributed by atoms with Crippen LogP contribution < -0.4 is 5.32 Å². The molecule has 1 saturated heterocycles. The average molecular weight is 351 g/mol. The van der Waals surface area contributed by atoms with Crippen molar-refractivity contribution in [3.63, 3.8) is 0 Å². The van der Waals surface area contributed by atoms with Crippen LogP contribution in [-0.2, 0) is 14.3 Å². The lowest BCUT2D eigenvalue weighted by molar-refractivity contribution is -0.384. The molecule has 9 nitrogen and oxygen atoms in total. The van der Waals surface area contributed by atoms with Crippen LogP contribution in [0.5, 0.6) is 0 Å². The molecule has 1 aliphatic heterocycles. The highest BCUT2D eigenvalue weighted by molar-refractivity contribution is 5.78. The van der Waals surface area contributed by atoms with Gasteiger partial charge < -0.3 is 20.1 Å². The van der Waals surface area contributed by atoms with Gasteiger partial charge in [0.15, 0.2) is 6.10 Å². The van der Waals surface area contributed by atoms with E-state index in [4.69, 9.17) is 9.84 Å². The normalized spacial score (nSPS) is 20.1. The summed E-state index contributed by atoms with van der Waals surface area (Å²) < 4.78 is 5.28. The van der Waals surface area contributed by atoms with E-state index < -0.39 is 17.0 Å². The van der Waals surface area contributed by atoms with E-state index in [0.29, 0.717) is 25.9 Å². The number of aliphatic carboxylic acids is 1. The van der Waals surface area contributed by atoms with Crippen LogP contribution in [0.4, 0.5) is 11.4 Å². The summed E-state index contributed by atoms with van der Waals surface area (Å²) in [7, 11) is 0. The number of nitro benzene ring substituents is 1. The number of hydrogen-bond acceptors (Lipinski definition) is 6. The third-order valence-electron chi connectivity index (χ3n) is 3.86. The van der Waals surface area contributed by atoms with Crippen molar-refractivity contribution in [3.8, 4) is 0 Å². The predicted octanol–water partition coefficient (Wildman–Crippen LogP) is 1.49. The number of non-ortho nitro benzene ring substituents is 1. The van der Waals surface area contributed by atoms with Gasteiger partial charge in [-0.3, -0.25) is 14.9 Å². The van der Waals surface area contributed by atoms with Crippen molar-refractivity contribution in [2.45, 2.75) is 32.0 Å². The summed E-state index contributed by atoms with van der Waals surface area (Å²) in [5.74, 6) is -1.17. The monoisotopic (exact) mass is 351 g/mol. The maximum atomic E-state index is 12.2. The number of nitro groups is 1. The molecule has 1 aliphatic rings. The molecule has 136 valence electrons. The second kappa shape index (κ2) is 8.43. The largest absolute Gasteiger partial charge is 0.479 e. The molecule has 0 aromatic heterocycles. The lowest BCUT2D eigenvalue weighted by atomic mass is 10.2. The first kappa shape index (κ1) is 18.7. The Kier molecular flexibility index (Phi) is 6.29.